The number of anilines is 2. The molecule has 1 aliphatic rings. The van der Waals surface area contributed by atoms with Gasteiger partial charge in [-0.25, -0.2) is 0 Å². The van der Waals surface area contributed by atoms with Crippen molar-refractivity contribution in [3.63, 3.8) is 0 Å². The molecule has 0 amide bonds. The molecule has 1 atom stereocenters. The highest BCUT2D eigenvalue weighted by Gasteiger charge is 2.23. The van der Waals surface area contributed by atoms with Crippen molar-refractivity contribution >= 4 is 11.5 Å². The summed E-state index contributed by atoms with van der Waals surface area (Å²) in [6, 6.07) is 0. The number of aryl methyl sites for hydroxylation is 2. The summed E-state index contributed by atoms with van der Waals surface area (Å²) in [5, 5.41) is 4.51. The molecule has 0 aromatic carbocycles. The van der Waals surface area contributed by atoms with Crippen LogP contribution in [0.4, 0.5) is 11.5 Å². The predicted octanol–water partition coefficient (Wildman–Crippen LogP) is 1.18. The Bertz CT molecular complexity index is 388. The number of morpholine rings is 1. The van der Waals surface area contributed by atoms with Gasteiger partial charge in [0.1, 0.15) is 0 Å². The number of aromatic nitrogens is 2. The average Bonchev–Trinajstić information content (AvgIpc) is 2.55. The lowest BCUT2D eigenvalue weighted by Crippen LogP contribution is -2.42. The maximum Gasteiger partial charge on any atom is 0.150 e. The number of nitrogens with two attached hydrogens (primary N) is 1. The van der Waals surface area contributed by atoms with Gasteiger partial charge in [-0.1, -0.05) is 13.3 Å². The SMILES string of the molecule is CCCc1nn(C)c(N2CCOC(C)C2)c1N. The number of nitrogen functional groups attached to an aromatic ring is 1. The first-order valence-corrected chi connectivity index (χ1v) is 6.31. The fourth-order valence-electron chi connectivity index (χ4n) is 2.39. The Balaban J connectivity index is 2.24. The molecule has 2 heterocycles. The molecule has 0 radical (unpaired) electrons. The average molecular weight is 238 g/mol. The minimum atomic E-state index is 0.257. The van der Waals surface area contributed by atoms with E-state index in [4.69, 9.17) is 10.5 Å². The molecule has 1 unspecified atom stereocenters. The molecule has 1 fully saturated rings. The maximum atomic E-state index is 6.20. The van der Waals surface area contributed by atoms with Gasteiger partial charge in [0, 0.05) is 20.1 Å². The number of ether oxygens (including phenoxy) is 1. The zero-order valence-corrected chi connectivity index (χ0v) is 10.9. The molecule has 1 aromatic rings. The van der Waals surface area contributed by atoms with Gasteiger partial charge in [0.25, 0.3) is 0 Å². The topological polar surface area (TPSA) is 56.3 Å². The molecule has 5 nitrogen and oxygen atoms in total. The number of rotatable bonds is 3. The van der Waals surface area contributed by atoms with E-state index in [0.717, 1.165) is 49.7 Å². The molecule has 0 spiro atoms. The van der Waals surface area contributed by atoms with E-state index in [1.165, 1.54) is 0 Å². The van der Waals surface area contributed by atoms with Crippen LogP contribution in [0.2, 0.25) is 0 Å². The Morgan fingerprint density at radius 1 is 1.53 bits per heavy atom. The van der Waals surface area contributed by atoms with Crippen molar-refractivity contribution < 1.29 is 4.74 Å². The fourth-order valence-corrected chi connectivity index (χ4v) is 2.39. The van der Waals surface area contributed by atoms with E-state index in [2.05, 4.69) is 23.8 Å². The quantitative estimate of drug-likeness (QED) is 0.859. The van der Waals surface area contributed by atoms with Crippen molar-refractivity contribution in [2.24, 2.45) is 7.05 Å². The second-order valence-corrected chi connectivity index (χ2v) is 4.69. The van der Waals surface area contributed by atoms with Crippen molar-refractivity contribution in [3.05, 3.63) is 5.69 Å². The summed E-state index contributed by atoms with van der Waals surface area (Å²) in [6.45, 7) is 6.76. The Hall–Kier alpha value is -1.23. The van der Waals surface area contributed by atoms with E-state index < -0.39 is 0 Å². The van der Waals surface area contributed by atoms with Crippen LogP contribution in [-0.2, 0) is 18.2 Å². The molecule has 1 aliphatic heterocycles. The summed E-state index contributed by atoms with van der Waals surface area (Å²) in [5.74, 6) is 1.05. The number of hydrogen-bond acceptors (Lipinski definition) is 4. The van der Waals surface area contributed by atoms with Gasteiger partial charge in [0.2, 0.25) is 0 Å². The Morgan fingerprint density at radius 3 is 2.94 bits per heavy atom. The smallest absolute Gasteiger partial charge is 0.150 e. The lowest BCUT2D eigenvalue weighted by molar-refractivity contribution is 0.0527. The zero-order chi connectivity index (χ0) is 12.4. The normalized spacial score (nSPS) is 20.9. The third-order valence-corrected chi connectivity index (χ3v) is 3.16. The largest absolute Gasteiger partial charge is 0.394 e. The minimum Gasteiger partial charge on any atom is -0.394 e. The van der Waals surface area contributed by atoms with E-state index in [0.29, 0.717) is 0 Å². The molecule has 17 heavy (non-hydrogen) atoms. The third kappa shape index (κ3) is 2.39. The van der Waals surface area contributed by atoms with Gasteiger partial charge >= 0.3 is 0 Å². The van der Waals surface area contributed by atoms with E-state index in [1.807, 2.05) is 11.7 Å². The summed E-state index contributed by atoms with van der Waals surface area (Å²) >= 11 is 0. The van der Waals surface area contributed by atoms with Crippen LogP contribution in [0.1, 0.15) is 26.0 Å². The third-order valence-electron chi connectivity index (χ3n) is 3.16. The maximum absolute atomic E-state index is 6.20. The van der Waals surface area contributed by atoms with Crippen LogP contribution in [0.15, 0.2) is 0 Å². The highest BCUT2D eigenvalue weighted by Crippen LogP contribution is 2.28. The predicted molar refractivity (Wildman–Crippen MR) is 69.2 cm³/mol. The van der Waals surface area contributed by atoms with Gasteiger partial charge in [-0.2, -0.15) is 5.10 Å². The molecule has 0 saturated carbocycles. The number of hydrogen-bond donors (Lipinski definition) is 1. The minimum absolute atomic E-state index is 0.257. The summed E-state index contributed by atoms with van der Waals surface area (Å²) in [4.78, 5) is 2.27. The van der Waals surface area contributed by atoms with Crippen LogP contribution in [0.3, 0.4) is 0 Å². The molecule has 5 heteroatoms. The monoisotopic (exact) mass is 238 g/mol. The summed E-state index contributed by atoms with van der Waals surface area (Å²) in [5.41, 5.74) is 8.05. The molecule has 2 rings (SSSR count). The van der Waals surface area contributed by atoms with Crippen molar-refractivity contribution in [2.75, 3.05) is 30.3 Å². The van der Waals surface area contributed by atoms with Gasteiger partial charge < -0.3 is 15.4 Å². The van der Waals surface area contributed by atoms with Gasteiger partial charge in [-0.3, -0.25) is 4.68 Å². The lowest BCUT2D eigenvalue weighted by Gasteiger charge is -2.32. The highest BCUT2D eigenvalue weighted by atomic mass is 16.5. The van der Waals surface area contributed by atoms with Crippen LogP contribution in [0.25, 0.3) is 0 Å². The van der Waals surface area contributed by atoms with Crippen molar-refractivity contribution in [2.45, 2.75) is 32.8 Å². The summed E-state index contributed by atoms with van der Waals surface area (Å²) in [6.07, 6.45) is 2.27. The van der Waals surface area contributed by atoms with Crippen molar-refractivity contribution in [1.29, 1.82) is 0 Å². The van der Waals surface area contributed by atoms with Gasteiger partial charge in [0.15, 0.2) is 5.82 Å². The molecule has 1 aromatic heterocycles. The van der Waals surface area contributed by atoms with E-state index in [1.54, 1.807) is 0 Å². The summed E-state index contributed by atoms with van der Waals surface area (Å²) in [7, 11) is 1.96. The first-order chi connectivity index (χ1) is 8.13. The van der Waals surface area contributed by atoms with Crippen molar-refractivity contribution in [1.82, 2.24) is 9.78 Å². The van der Waals surface area contributed by atoms with E-state index >= 15 is 0 Å². The molecular weight excluding hydrogens is 216 g/mol. The molecule has 1 saturated heterocycles. The molecule has 2 N–H and O–H groups in total. The van der Waals surface area contributed by atoms with Crippen LogP contribution in [0.5, 0.6) is 0 Å². The molecule has 0 aliphatic carbocycles. The van der Waals surface area contributed by atoms with Crippen LogP contribution in [-0.4, -0.2) is 35.6 Å². The van der Waals surface area contributed by atoms with Gasteiger partial charge in [0.05, 0.1) is 24.1 Å². The molecular formula is C12H22N4O. The Morgan fingerprint density at radius 2 is 2.29 bits per heavy atom. The molecule has 96 valence electrons. The van der Waals surface area contributed by atoms with E-state index in [9.17, 15) is 0 Å². The Kier molecular flexibility index (Phi) is 3.57. The fraction of sp³-hybridized carbons (Fsp3) is 0.750. The second kappa shape index (κ2) is 4.96. The highest BCUT2D eigenvalue weighted by molar-refractivity contribution is 5.66. The van der Waals surface area contributed by atoms with Crippen LogP contribution >= 0.6 is 0 Å². The lowest BCUT2D eigenvalue weighted by atomic mass is 10.2. The van der Waals surface area contributed by atoms with Gasteiger partial charge in [-0.15, -0.1) is 0 Å². The zero-order valence-electron chi connectivity index (χ0n) is 10.9. The van der Waals surface area contributed by atoms with E-state index in [-0.39, 0.29) is 6.10 Å². The summed E-state index contributed by atoms with van der Waals surface area (Å²) < 4.78 is 7.45. The molecule has 0 bridgehead atoms. The Labute approximate surface area is 103 Å². The standard InChI is InChI=1S/C12H22N4O/c1-4-5-10-11(13)12(15(3)14-10)16-6-7-17-9(2)8-16/h9H,4-8,13H2,1-3H3. The number of nitrogens with zero attached hydrogens (tertiary/aromatic N) is 3. The van der Waals surface area contributed by atoms with Crippen LogP contribution in [0, 0.1) is 0 Å². The van der Waals surface area contributed by atoms with Gasteiger partial charge in [-0.05, 0) is 13.3 Å². The first-order valence-electron chi connectivity index (χ1n) is 6.31. The second-order valence-electron chi connectivity index (χ2n) is 4.69. The first kappa shape index (κ1) is 12.2. The van der Waals surface area contributed by atoms with Crippen LogP contribution < -0.4 is 10.6 Å². The van der Waals surface area contributed by atoms with Crippen molar-refractivity contribution in [3.8, 4) is 0 Å².